The van der Waals surface area contributed by atoms with Crippen LogP contribution in [-0.4, -0.2) is 52.4 Å². The number of fused-ring (bicyclic) bond motifs is 1. The number of carbonyl (C=O) groups is 2. The average molecular weight is 587 g/mol. The summed E-state index contributed by atoms with van der Waals surface area (Å²) < 4.78 is 20.6. The number of nitrogens with one attached hydrogen (secondary N) is 1. The average Bonchev–Trinajstić information content (AvgIpc) is 3.33. The summed E-state index contributed by atoms with van der Waals surface area (Å²) in [5, 5.41) is 22.3. The molecule has 8 nitrogen and oxygen atoms in total. The number of halogens is 1. The highest BCUT2D eigenvalue weighted by molar-refractivity contribution is 8.00. The van der Waals surface area contributed by atoms with Gasteiger partial charge in [-0.1, -0.05) is 18.2 Å². The first-order valence-electron chi connectivity index (χ1n) is 14.1. The van der Waals surface area contributed by atoms with E-state index >= 15 is 0 Å². The second kappa shape index (κ2) is 12.0. The van der Waals surface area contributed by atoms with Crippen molar-refractivity contribution in [1.82, 2.24) is 10.2 Å². The summed E-state index contributed by atoms with van der Waals surface area (Å²) in [6.07, 6.45) is 1.49. The standard InChI is InChI=1S/C32H31FN4O4S/c33-26-16-21(17-34)6-9-27(26)36-14-12-23(13-15-36)42-22-7-4-20(5-8-22)19-41-29-3-1-2-24-25(29)18-37(32(24)40)28-10-11-30(38)35-31(28)39/h1-9,16,23,28,31,39H,10-15,18-19H2,(H,35,38). The number of rotatable bonds is 7. The zero-order chi connectivity index (χ0) is 29.2. The number of hydrogen-bond acceptors (Lipinski definition) is 7. The van der Waals surface area contributed by atoms with E-state index in [1.54, 1.807) is 29.2 Å². The molecular weight excluding hydrogens is 555 g/mol. The Hall–Kier alpha value is -4.07. The van der Waals surface area contributed by atoms with Gasteiger partial charge in [-0.25, -0.2) is 4.39 Å². The lowest BCUT2D eigenvalue weighted by atomic mass is 10.0. The van der Waals surface area contributed by atoms with E-state index in [9.17, 15) is 19.1 Å². The third kappa shape index (κ3) is 5.80. The van der Waals surface area contributed by atoms with Crippen molar-refractivity contribution in [3.63, 3.8) is 0 Å². The number of aliphatic hydroxyl groups is 1. The Kier molecular flexibility index (Phi) is 8.05. The molecule has 3 aromatic rings. The lowest BCUT2D eigenvalue weighted by Crippen LogP contribution is -2.55. The van der Waals surface area contributed by atoms with Crippen molar-refractivity contribution in [3.05, 3.63) is 88.7 Å². The minimum absolute atomic E-state index is 0.162. The summed E-state index contributed by atoms with van der Waals surface area (Å²) >= 11 is 1.83. The number of nitriles is 1. The molecule has 2 saturated heterocycles. The Morgan fingerprint density at radius 1 is 1.07 bits per heavy atom. The first-order chi connectivity index (χ1) is 20.4. The third-order valence-corrected chi connectivity index (χ3v) is 9.52. The molecule has 0 radical (unpaired) electrons. The van der Waals surface area contributed by atoms with Gasteiger partial charge in [-0.05, 0) is 67.3 Å². The van der Waals surface area contributed by atoms with Gasteiger partial charge in [-0.3, -0.25) is 9.59 Å². The predicted molar refractivity (Wildman–Crippen MR) is 156 cm³/mol. The highest BCUT2D eigenvalue weighted by Gasteiger charge is 2.40. The fourth-order valence-electron chi connectivity index (χ4n) is 5.89. The molecule has 0 bridgehead atoms. The molecule has 2 unspecified atom stereocenters. The van der Waals surface area contributed by atoms with Gasteiger partial charge in [-0.2, -0.15) is 5.26 Å². The van der Waals surface area contributed by atoms with E-state index < -0.39 is 12.3 Å². The van der Waals surface area contributed by atoms with Crippen molar-refractivity contribution >= 4 is 29.3 Å². The lowest BCUT2D eigenvalue weighted by Gasteiger charge is -2.35. The van der Waals surface area contributed by atoms with Gasteiger partial charge in [0.1, 0.15) is 24.4 Å². The quantitative estimate of drug-likeness (QED) is 0.417. The van der Waals surface area contributed by atoms with Crippen molar-refractivity contribution in [1.29, 1.82) is 5.26 Å². The number of carbonyl (C=O) groups excluding carboxylic acids is 2. The van der Waals surface area contributed by atoms with Crippen molar-refractivity contribution in [2.45, 2.75) is 61.3 Å². The van der Waals surface area contributed by atoms with Crippen LogP contribution in [0.15, 0.2) is 65.6 Å². The first kappa shape index (κ1) is 28.1. The highest BCUT2D eigenvalue weighted by Crippen LogP contribution is 2.35. The molecule has 3 heterocycles. The summed E-state index contributed by atoms with van der Waals surface area (Å²) in [5.41, 5.74) is 3.26. The fourth-order valence-corrected chi connectivity index (χ4v) is 7.02. The van der Waals surface area contributed by atoms with Crippen LogP contribution in [0, 0.1) is 17.1 Å². The second-order valence-corrected chi connectivity index (χ2v) is 12.2. The molecule has 0 aliphatic carbocycles. The monoisotopic (exact) mass is 586 g/mol. The molecule has 3 aromatic carbocycles. The maximum absolute atomic E-state index is 14.4. The maximum atomic E-state index is 14.4. The molecule has 10 heteroatoms. The summed E-state index contributed by atoms with van der Waals surface area (Å²) in [6.45, 7) is 2.21. The number of thioether (sulfide) groups is 1. The van der Waals surface area contributed by atoms with Crippen LogP contribution in [0.25, 0.3) is 0 Å². The minimum Gasteiger partial charge on any atom is -0.489 e. The molecule has 2 fully saturated rings. The van der Waals surface area contributed by atoms with E-state index in [-0.39, 0.29) is 24.1 Å². The Balaban J connectivity index is 1.02. The van der Waals surface area contributed by atoms with Gasteiger partial charge in [0.25, 0.3) is 5.91 Å². The van der Waals surface area contributed by atoms with Crippen LogP contribution in [0.5, 0.6) is 5.75 Å². The molecule has 216 valence electrons. The van der Waals surface area contributed by atoms with Crippen LogP contribution < -0.4 is 15.0 Å². The van der Waals surface area contributed by atoms with E-state index in [1.807, 2.05) is 36.0 Å². The molecule has 2 N–H and O–H groups in total. The SMILES string of the molecule is N#Cc1ccc(N2CCC(Sc3ccc(COc4cccc5c4CN(C4CCC(=O)NC4O)C5=O)cc3)CC2)c(F)c1. The molecule has 6 rings (SSSR count). The Labute approximate surface area is 248 Å². The lowest BCUT2D eigenvalue weighted by molar-refractivity contribution is -0.129. The topological polar surface area (TPSA) is 106 Å². The van der Waals surface area contributed by atoms with E-state index in [0.717, 1.165) is 37.1 Å². The van der Waals surface area contributed by atoms with Crippen LogP contribution >= 0.6 is 11.8 Å². The number of nitrogens with zero attached hydrogens (tertiary/aromatic N) is 3. The maximum Gasteiger partial charge on any atom is 0.255 e. The van der Waals surface area contributed by atoms with E-state index in [0.29, 0.717) is 47.4 Å². The molecule has 3 aliphatic rings. The molecule has 0 aromatic heterocycles. The molecule has 42 heavy (non-hydrogen) atoms. The summed E-state index contributed by atoms with van der Waals surface area (Å²) in [4.78, 5) is 29.5. The summed E-state index contributed by atoms with van der Waals surface area (Å²) in [7, 11) is 0. The number of anilines is 1. The van der Waals surface area contributed by atoms with E-state index in [4.69, 9.17) is 10.00 Å². The van der Waals surface area contributed by atoms with Crippen LogP contribution in [0.4, 0.5) is 10.1 Å². The van der Waals surface area contributed by atoms with Gasteiger partial charge in [0.05, 0.1) is 29.9 Å². The molecule has 2 amide bonds. The Morgan fingerprint density at radius 2 is 1.86 bits per heavy atom. The van der Waals surface area contributed by atoms with Crippen LogP contribution in [0.1, 0.15) is 52.7 Å². The fraction of sp³-hybridized carbons (Fsp3) is 0.344. The van der Waals surface area contributed by atoms with Gasteiger partial charge in [0.15, 0.2) is 0 Å². The van der Waals surface area contributed by atoms with Crippen molar-refractivity contribution < 1.29 is 23.8 Å². The summed E-state index contributed by atoms with van der Waals surface area (Å²) in [5.74, 6) is -0.0787. The highest BCUT2D eigenvalue weighted by atomic mass is 32.2. The molecule has 3 aliphatic heterocycles. The second-order valence-electron chi connectivity index (χ2n) is 10.8. The van der Waals surface area contributed by atoms with Crippen molar-refractivity contribution in [2.75, 3.05) is 18.0 Å². The van der Waals surface area contributed by atoms with Crippen LogP contribution in [0.2, 0.25) is 0 Å². The largest absolute Gasteiger partial charge is 0.489 e. The van der Waals surface area contributed by atoms with Gasteiger partial charge in [-0.15, -0.1) is 11.8 Å². The Morgan fingerprint density at radius 3 is 2.57 bits per heavy atom. The molecular formula is C32H31FN4O4S. The number of piperidine rings is 2. The number of hydrogen-bond donors (Lipinski definition) is 2. The van der Waals surface area contributed by atoms with Crippen LogP contribution in [0.3, 0.4) is 0 Å². The summed E-state index contributed by atoms with van der Waals surface area (Å²) in [6, 6.07) is 19.9. The van der Waals surface area contributed by atoms with Gasteiger partial charge in [0.2, 0.25) is 5.91 Å². The van der Waals surface area contributed by atoms with E-state index in [2.05, 4.69) is 22.3 Å². The number of amides is 2. The van der Waals surface area contributed by atoms with E-state index in [1.165, 1.54) is 11.0 Å². The first-order valence-corrected chi connectivity index (χ1v) is 15.0. The zero-order valence-corrected chi connectivity index (χ0v) is 23.8. The normalized spacial score (nSPS) is 20.7. The zero-order valence-electron chi connectivity index (χ0n) is 23.0. The number of benzene rings is 3. The molecule has 0 spiro atoms. The minimum atomic E-state index is -1.08. The molecule has 0 saturated carbocycles. The van der Waals surface area contributed by atoms with Gasteiger partial charge in [0, 0.05) is 40.8 Å². The number of aliphatic hydroxyl groups excluding tert-OH is 1. The molecule has 2 atom stereocenters. The van der Waals surface area contributed by atoms with Crippen molar-refractivity contribution in [2.24, 2.45) is 0 Å². The number of ether oxygens (including phenoxy) is 1. The third-order valence-electron chi connectivity index (χ3n) is 8.17. The van der Waals surface area contributed by atoms with Crippen molar-refractivity contribution in [3.8, 4) is 11.8 Å². The smallest absolute Gasteiger partial charge is 0.255 e. The van der Waals surface area contributed by atoms with Crippen LogP contribution in [-0.2, 0) is 17.9 Å². The Bertz CT molecular complexity index is 1530. The van der Waals surface area contributed by atoms with Gasteiger partial charge >= 0.3 is 0 Å². The predicted octanol–water partition coefficient (Wildman–Crippen LogP) is 4.59. The van der Waals surface area contributed by atoms with Gasteiger partial charge < -0.3 is 25.0 Å².